The topological polar surface area (TPSA) is 93.5 Å². The summed E-state index contributed by atoms with van der Waals surface area (Å²) in [6, 6.07) is 13.4. The smallest absolute Gasteiger partial charge is 0.273 e. The van der Waals surface area contributed by atoms with Crippen molar-refractivity contribution in [2.45, 2.75) is 6.61 Å². The van der Waals surface area contributed by atoms with Crippen molar-refractivity contribution < 1.29 is 14.5 Å². The number of ether oxygens (including phenoxy) is 1. The van der Waals surface area contributed by atoms with Crippen LogP contribution < -0.4 is 15.4 Å². The van der Waals surface area contributed by atoms with Gasteiger partial charge in [0.05, 0.1) is 4.92 Å². The van der Waals surface area contributed by atoms with Crippen molar-refractivity contribution in [1.29, 1.82) is 0 Å². The predicted molar refractivity (Wildman–Crippen MR) is 95.7 cm³/mol. The summed E-state index contributed by atoms with van der Waals surface area (Å²) in [4.78, 5) is 21.8. The summed E-state index contributed by atoms with van der Waals surface area (Å²) in [7, 11) is 0. The minimum atomic E-state index is -0.444. The van der Waals surface area contributed by atoms with E-state index in [-0.39, 0.29) is 23.3 Å². The lowest BCUT2D eigenvalue weighted by atomic mass is 10.2. The first-order valence-corrected chi connectivity index (χ1v) is 7.72. The maximum atomic E-state index is 11.7. The van der Waals surface area contributed by atoms with Crippen molar-refractivity contribution in [3.05, 3.63) is 75.5 Å². The molecule has 1 heterocycles. The molecular formula is C17H13N3O4S. The average Bonchev–Trinajstić information content (AvgIpc) is 2.91. The van der Waals surface area contributed by atoms with Crippen LogP contribution in [0.25, 0.3) is 6.08 Å². The van der Waals surface area contributed by atoms with E-state index in [0.717, 1.165) is 11.1 Å². The van der Waals surface area contributed by atoms with E-state index in [1.54, 1.807) is 30.3 Å². The summed E-state index contributed by atoms with van der Waals surface area (Å²) in [5.74, 6) is 0.343. The molecule has 0 bridgehead atoms. The Morgan fingerprint density at radius 2 is 1.92 bits per heavy atom. The average molecular weight is 355 g/mol. The van der Waals surface area contributed by atoms with Gasteiger partial charge in [-0.2, -0.15) is 0 Å². The minimum absolute atomic E-state index is 0.0395. The first-order valence-electron chi connectivity index (χ1n) is 7.31. The van der Waals surface area contributed by atoms with Gasteiger partial charge in [0.1, 0.15) is 18.1 Å². The molecule has 0 unspecified atom stereocenters. The lowest BCUT2D eigenvalue weighted by Gasteiger charge is -2.07. The molecule has 2 aromatic rings. The lowest BCUT2D eigenvalue weighted by molar-refractivity contribution is -0.384. The van der Waals surface area contributed by atoms with Crippen molar-refractivity contribution in [3.63, 3.8) is 0 Å². The molecular weight excluding hydrogens is 342 g/mol. The SMILES string of the molecule is O=C1NC(=S)NC1=Cc1cccc(OCc2ccc([N+](=O)[O-])cc2)c1. The Kier molecular flexibility index (Phi) is 4.71. The summed E-state index contributed by atoms with van der Waals surface area (Å²) < 4.78 is 5.70. The van der Waals surface area contributed by atoms with Crippen LogP contribution in [0.4, 0.5) is 5.69 Å². The largest absolute Gasteiger partial charge is 0.489 e. The number of amides is 1. The summed E-state index contributed by atoms with van der Waals surface area (Å²) in [6.07, 6.45) is 1.67. The maximum absolute atomic E-state index is 11.7. The van der Waals surface area contributed by atoms with Gasteiger partial charge in [0.25, 0.3) is 11.6 Å². The van der Waals surface area contributed by atoms with Gasteiger partial charge in [-0.3, -0.25) is 20.2 Å². The van der Waals surface area contributed by atoms with Gasteiger partial charge in [0.15, 0.2) is 5.11 Å². The number of nitro benzene ring substituents is 1. The highest BCUT2D eigenvalue weighted by molar-refractivity contribution is 7.80. The maximum Gasteiger partial charge on any atom is 0.273 e. The van der Waals surface area contributed by atoms with E-state index in [2.05, 4.69) is 10.6 Å². The number of rotatable bonds is 5. The Labute approximate surface area is 148 Å². The van der Waals surface area contributed by atoms with Gasteiger partial charge in [-0.15, -0.1) is 0 Å². The van der Waals surface area contributed by atoms with Gasteiger partial charge in [-0.25, -0.2) is 0 Å². The van der Waals surface area contributed by atoms with Crippen molar-refractivity contribution in [2.75, 3.05) is 0 Å². The van der Waals surface area contributed by atoms with Crippen molar-refractivity contribution >= 4 is 35.0 Å². The van der Waals surface area contributed by atoms with Crippen molar-refractivity contribution in [2.24, 2.45) is 0 Å². The summed E-state index contributed by atoms with van der Waals surface area (Å²) in [5.41, 5.74) is 2.01. The molecule has 0 radical (unpaired) electrons. The number of carbonyl (C=O) groups is 1. The van der Waals surface area contributed by atoms with Crippen LogP contribution in [0.2, 0.25) is 0 Å². The van der Waals surface area contributed by atoms with E-state index in [1.165, 1.54) is 12.1 Å². The number of hydrogen-bond acceptors (Lipinski definition) is 5. The Morgan fingerprint density at radius 1 is 1.16 bits per heavy atom. The molecule has 126 valence electrons. The number of nitrogens with one attached hydrogen (secondary N) is 2. The van der Waals surface area contributed by atoms with Gasteiger partial charge < -0.3 is 10.1 Å². The number of non-ortho nitro benzene ring substituents is 1. The molecule has 1 amide bonds. The second kappa shape index (κ2) is 7.10. The first-order chi connectivity index (χ1) is 12.0. The molecule has 25 heavy (non-hydrogen) atoms. The number of benzene rings is 2. The molecule has 2 aromatic carbocycles. The monoisotopic (exact) mass is 355 g/mol. The van der Waals surface area contributed by atoms with Gasteiger partial charge in [0.2, 0.25) is 0 Å². The Bertz CT molecular complexity index is 878. The predicted octanol–water partition coefficient (Wildman–Crippen LogP) is 2.52. The van der Waals surface area contributed by atoms with Crippen LogP contribution in [-0.2, 0) is 11.4 Å². The van der Waals surface area contributed by atoms with E-state index < -0.39 is 4.92 Å². The third kappa shape index (κ3) is 4.18. The molecule has 8 heteroatoms. The molecule has 0 aliphatic carbocycles. The number of carbonyl (C=O) groups excluding carboxylic acids is 1. The molecule has 1 aliphatic rings. The van der Waals surface area contributed by atoms with E-state index in [9.17, 15) is 14.9 Å². The number of thiocarbonyl (C=S) groups is 1. The van der Waals surface area contributed by atoms with Crippen LogP contribution >= 0.6 is 12.2 Å². The van der Waals surface area contributed by atoms with Crippen molar-refractivity contribution in [1.82, 2.24) is 10.6 Å². The van der Waals surface area contributed by atoms with Crippen LogP contribution in [0.3, 0.4) is 0 Å². The zero-order valence-corrected chi connectivity index (χ0v) is 13.7. The Hall–Kier alpha value is -3.26. The summed E-state index contributed by atoms with van der Waals surface area (Å²) in [5, 5.41) is 16.2. The standard InChI is InChI=1S/C17H13N3O4S/c21-16-15(18-17(25)19-16)9-12-2-1-3-14(8-12)24-10-11-4-6-13(7-5-11)20(22)23/h1-9H,10H2,(H2,18,19,21,25). The highest BCUT2D eigenvalue weighted by Crippen LogP contribution is 2.19. The zero-order valence-electron chi connectivity index (χ0n) is 12.9. The molecule has 7 nitrogen and oxygen atoms in total. The second-order valence-electron chi connectivity index (χ2n) is 5.25. The normalized spacial score (nSPS) is 15.0. The third-order valence-electron chi connectivity index (χ3n) is 3.44. The second-order valence-corrected chi connectivity index (χ2v) is 5.66. The fraction of sp³-hybridized carbons (Fsp3) is 0.0588. The highest BCUT2D eigenvalue weighted by Gasteiger charge is 2.19. The number of hydrogen-bond donors (Lipinski definition) is 2. The summed E-state index contributed by atoms with van der Waals surface area (Å²) in [6.45, 7) is 0.279. The third-order valence-corrected chi connectivity index (χ3v) is 3.65. The fourth-order valence-electron chi connectivity index (χ4n) is 2.22. The number of nitro groups is 1. The molecule has 1 aliphatic heterocycles. The van der Waals surface area contributed by atoms with Crippen LogP contribution in [0.15, 0.2) is 54.2 Å². The molecule has 2 N–H and O–H groups in total. The van der Waals surface area contributed by atoms with Gasteiger partial charge in [-0.05, 0) is 53.7 Å². The van der Waals surface area contributed by atoms with E-state index in [1.807, 2.05) is 12.1 Å². The van der Waals surface area contributed by atoms with E-state index in [4.69, 9.17) is 17.0 Å². The molecule has 3 rings (SSSR count). The first kappa shape index (κ1) is 16.6. The zero-order chi connectivity index (χ0) is 17.8. The van der Waals surface area contributed by atoms with Gasteiger partial charge >= 0.3 is 0 Å². The quantitative estimate of drug-likeness (QED) is 0.370. The summed E-state index contributed by atoms with van der Waals surface area (Å²) >= 11 is 4.89. The van der Waals surface area contributed by atoms with Crippen LogP contribution in [0, 0.1) is 10.1 Å². The Morgan fingerprint density at radius 3 is 2.56 bits per heavy atom. The van der Waals surface area contributed by atoms with Crippen LogP contribution in [0.5, 0.6) is 5.75 Å². The van der Waals surface area contributed by atoms with Crippen LogP contribution in [-0.4, -0.2) is 15.9 Å². The molecule has 0 aromatic heterocycles. The lowest BCUT2D eigenvalue weighted by Crippen LogP contribution is -2.21. The molecule has 1 fully saturated rings. The van der Waals surface area contributed by atoms with Gasteiger partial charge in [-0.1, -0.05) is 12.1 Å². The molecule has 0 spiro atoms. The minimum Gasteiger partial charge on any atom is -0.489 e. The van der Waals surface area contributed by atoms with Crippen LogP contribution in [0.1, 0.15) is 11.1 Å². The van der Waals surface area contributed by atoms with E-state index in [0.29, 0.717) is 11.4 Å². The number of nitrogens with zero attached hydrogens (tertiary/aromatic N) is 1. The van der Waals surface area contributed by atoms with Crippen molar-refractivity contribution in [3.8, 4) is 5.75 Å². The highest BCUT2D eigenvalue weighted by atomic mass is 32.1. The molecule has 1 saturated heterocycles. The fourth-order valence-corrected chi connectivity index (χ4v) is 2.43. The molecule has 0 atom stereocenters. The Balaban J connectivity index is 1.68. The molecule has 0 saturated carbocycles. The van der Waals surface area contributed by atoms with Gasteiger partial charge in [0, 0.05) is 12.1 Å². The van der Waals surface area contributed by atoms with E-state index >= 15 is 0 Å².